The van der Waals surface area contributed by atoms with Gasteiger partial charge in [0.25, 0.3) is 0 Å². The van der Waals surface area contributed by atoms with Crippen LogP contribution in [0.1, 0.15) is 36.1 Å². The van der Waals surface area contributed by atoms with Crippen LogP contribution in [-0.4, -0.2) is 14.1 Å². The molecule has 112 valence electrons. The molecule has 0 bridgehead atoms. The van der Waals surface area contributed by atoms with Crippen molar-refractivity contribution in [3.8, 4) is 0 Å². The molecule has 2 nitrogen and oxygen atoms in total. The van der Waals surface area contributed by atoms with E-state index in [2.05, 4.69) is 74.4 Å². The summed E-state index contributed by atoms with van der Waals surface area (Å²) in [5, 5.41) is 0. The highest BCUT2D eigenvalue weighted by atomic mass is 15.1. The van der Waals surface area contributed by atoms with Gasteiger partial charge < -0.3 is 10.6 Å². The Morgan fingerprint density at radius 3 is 2.00 bits per heavy atom. The van der Waals surface area contributed by atoms with Crippen LogP contribution in [0.5, 0.6) is 0 Å². The van der Waals surface area contributed by atoms with E-state index >= 15 is 0 Å². The molecule has 0 amide bonds. The molecule has 0 aliphatic heterocycles. The van der Waals surface area contributed by atoms with Gasteiger partial charge in [0.15, 0.2) is 0 Å². The lowest BCUT2D eigenvalue weighted by molar-refractivity contribution is 0.651. The summed E-state index contributed by atoms with van der Waals surface area (Å²) in [5.41, 5.74) is 11.5. The van der Waals surface area contributed by atoms with Gasteiger partial charge in [0.05, 0.1) is 0 Å². The molecule has 1 atom stereocenters. The Morgan fingerprint density at radius 1 is 0.905 bits per heavy atom. The fourth-order valence-corrected chi connectivity index (χ4v) is 2.45. The van der Waals surface area contributed by atoms with Crippen LogP contribution in [0.2, 0.25) is 0 Å². The van der Waals surface area contributed by atoms with Gasteiger partial charge in [0.1, 0.15) is 0 Å². The zero-order chi connectivity index (χ0) is 15.2. The van der Waals surface area contributed by atoms with E-state index in [4.69, 9.17) is 5.73 Å². The zero-order valence-electron chi connectivity index (χ0n) is 13.3. The molecule has 0 heterocycles. The number of hydrogen-bond donors (Lipinski definition) is 1. The summed E-state index contributed by atoms with van der Waals surface area (Å²) in [6, 6.07) is 17.5. The Morgan fingerprint density at radius 2 is 1.48 bits per heavy atom. The van der Waals surface area contributed by atoms with E-state index in [1.54, 1.807) is 0 Å². The summed E-state index contributed by atoms with van der Waals surface area (Å²) < 4.78 is 0. The molecule has 0 radical (unpaired) electrons. The predicted octanol–water partition coefficient (Wildman–Crippen LogP) is 3.95. The minimum atomic E-state index is 0.115. The predicted molar refractivity (Wildman–Crippen MR) is 91.8 cm³/mol. The summed E-state index contributed by atoms with van der Waals surface area (Å²) in [6.07, 6.45) is 3.07. The molecule has 2 aromatic rings. The van der Waals surface area contributed by atoms with Crippen molar-refractivity contribution >= 4 is 5.69 Å². The maximum absolute atomic E-state index is 6.30. The number of rotatable bonds is 6. The highest BCUT2D eigenvalue weighted by Crippen LogP contribution is 2.19. The summed E-state index contributed by atoms with van der Waals surface area (Å²) in [4.78, 5) is 2.12. The Hall–Kier alpha value is -1.80. The molecule has 0 fully saturated rings. The van der Waals surface area contributed by atoms with Crippen LogP contribution in [0, 0.1) is 0 Å². The second kappa shape index (κ2) is 7.28. The molecule has 0 aliphatic carbocycles. The highest BCUT2D eigenvalue weighted by molar-refractivity contribution is 5.46. The second-order valence-electron chi connectivity index (χ2n) is 5.80. The first-order valence-electron chi connectivity index (χ1n) is 7.71. The molecule has 2 heteroatoms. The van der Waals surface area contributed by atoms with Gasteiger partial charge in [-0.25, -0.2) is 0 Å². The molecule has 0 saturated heterocycles. The molecular weight excluding hydrogens is 256 g/mol. The molecule has 2 rings (SSSR count). The SMILES string of the molecule is CCc1ccc(C(N)CCc2ccc(N(C)C)cc2)cc1. The van der Waals surface area contributed by atoms with E-state index in [-0.39, 0.29) is 6.04 Å². The molecule has 2 aromatic carbocycles. The third-order valence-electron chi connectivity index (χ3n) is 4.01. The molecule has 1 unspecified atom stereocenters. The van der Waals surface area contributed by atoms with Crippen molar-refractivity contribution in [2.24, 2.45) is 5.73 Å². The minimum Gasteiger partial charge on any atom is -0.378 e. The summed E-state index contributed by atoms with van der Waals surface area (Å²) in [6.45, 7) is 2.17. The lowest BCUT2D eigenvalue weighted by Gasteiger charge is -2.14. The van der Waals surface area contributed by atoms with Crippen LogP contribution in [-0.2, 0) is 12.8 Å². The fourth-order valence-electron chi connectivity index (χ4n) is 2.45. The van der Waals surface area contributed by atoms with Crippen molar-refractivity contribution in [1.29, 1.82) is 0 Å². The van der Waals surface area contributed by atoms with Gasteiger partial charge in [-0.2, -0.15) is 0 Å². The van der Waals surface area contributed by atoms with E-state index in [1.807, 2.05) is 0 Å². The fraction of sp³-hybridized carbons (Fsp3) is 0.368. The van der Waals surface area contributed by atoms with Crippen molar-refractivity contribution in [2.75, 3.05) is 19.0 Å². The molecule has 0 aromatic heterocycles. The number of nitrogens with zero attached hydrogens (tertiary/aromatic N) is 1. The quantitative estimate of drug-likeness (QED) is 0.869. The number of hydrogen-bond acceptors (Lipinski definition) is 2. The van der Waals surface area contributed by atoms with Crippen LogP contribution in [0.4, 0.5) is 5.69 Å². The van der Waals surface area contributed by atoms with Gasteiger partial charge >= 0.3 is 0 Å². The molecule has 21 heavy (non-hydrogen) atoms. The third-order valence-corrected chi connectivity index (χ3v) is 4.01. The maximum Gasteiger partial charge on any atom is 0.0361 e. The topological polar surface area (TPSA) is 29.3 Å². The monoisotopic (exact) mass is 282 g/mol. The van der Waals surface area contributed by atoms with Gasteiger partial charge in [-0.05, 0) is 48.1 Å². The molecule has 0 aliphatic rings. The summed E-state index contributed by atoms with van der Waals surface area (Å²) in [7, 11) is 4.12. The number of aryl methyl sites for hydroxylation is 2. The van der Waals surface area contributed by atoms with Crippen molar-refractivity contribution in [1.82, 2.24) is 0 Å². The standard InChI is InChI=1S/C19H26N2/c1-4-15-5-10-17(11-6-15)19(20)14-9-16-7-12-18(13-8-16)21(2)3/h5-8,10-13,19H,4,9,14,20H2,1-3H3. The Kier molecular flexibility index (Phi) is 5.40. The zero-order valence-corrected chi connectivity index (χ0v) is 13.3. The van der Waals surface area contributed by atoms with Crippen molar-refractivity contribution in [3.63, 3.8) is 0 Å². The molecule has 0 spiro atoms. The average Bonchev–Trinajstić information content (AvgIpc) is 2.53. The van der Waals surface area contributed by atoms with E-state index in [0.29, 0.717) is 0 Å². The van der Waals surface area contributed by atoms with E-state index in [0.717, 1.165) is 19.3 Å². The van der Waals surface area contributed by atoms with E-state index in [1.165, 1.54) is 22.4 Å². The van der Waals surface area contributed by atoms with Crippen LogP contribution in [0.25, 0.3) is 0 Å². The van der Waals surface area contributed by atoms with Gasteiger partial charge in [-0.1, -0.05) is 43.3 Å². The largest absolute Gasteiger partial charge is 0.378 e. The lowest BCUT2D eigenvalue weighted by Crippen LogP contribution is -2.11. The third kappa shape index (κ3) is 4.33. The van der Waals surface area contributed by atoms with Crippen LogP contribution < -0.4 is 10.6 Å². The average molecular weight is 282 g/mol. The second-order valence-corrected chi connectivity index (χ2v) is 5.80. The van der Waals surface area contributed by atoms with Gasteiger partial charge in [0.2, 0.25) is 0 Å². The summed E-state index contributed by atoms with van der Waals surface area (Å²) in [5.74, 6) is 0. The Balaban J connectivity index is 1.92. The molecular formula is C19H26N2. The van der Waals surface area contributed by atoms with Crippen molar-refractivity contribution in [3.05, 3.63) is 65.2 Å². The normalized spacial score (nSPS) is 12.2. The number of nitrogens with two attached hydrogens (primary N) is 1. The van der Waals surface area contributed by atoms with Gasteiger partial charge in [-0.3, -0.25) is 0 Å². The first-order chi connectivity index (χ1) is 10.1. The Bertz CT molecular complexity index is 541. The first kappa shape index (κ1) is 15.6. The van der Waals surface area contributed by atoms with Crippen molar-refractivity contribution < 1.29 is 0 Å². The van der Waals surface area contributed by atoms with Crippen molar-refractivity contribution in [2.45, 2.75) is 32.2 Å². The minimum absolute atomic E-state index is 0.115. The first-order valence-corrected chi connectivity index (χ1v) is 7.71. The highest BCUT2D eigenvalue weighted by Gasteiger charge is 2.06. The van der Waals surface area contributed by atoms with Gasteiger partial charge in [-0.15, -0.1) is 0 Å². The maximum atomic E-state index is 6.30. The van der Waals surface area contributed by atoms with Crippen LogP contribution in [0.15, 0.2) is 48.5 Å². The smallest absolute Gasteiger partial charge is 0.0361 e. The number of benzene rings is 2. The lowest BCUT2D eigenvalue weighted by atomic mass is 9.98. The molecule has 2 N–H and O–H groups in total. The van der Waals surface area contributed by atoms with E-state index in [9.17, 15) is 0 Å². The number of anilines is 1. The van der Waals surface area contributed by atoms with Gasteiger partial charge in [0, 0.05) is 25.8 Å². The Labute approximate surface area is 128 Å². The van der Waals surface area contributed by atoms with Crippen LogP contribution >= 0.6 is 0 Å². The van der Waals surface area contributed by atoms with Crippen LogP contribution in [0.3, 0.4) is 0 Å². The molecule has 0 saturated carbocycles. The summed E-state index contributed by atoms with van der Waals surface area (Å²) >= 11 is 0. The van der Waals surface area contributed by atoms with E-state index < -0.39 is 0 Å².